The van der Waals surface area contributed by atoms with Crippen LogP contribution < -0.4 is 10.1 Å². The number of nitrogens with one attached hydrogen (secondary N) is 1. The second kappa shape index (κ2) is 9.16. The number of nitrogens with zero attached hydrogens (tertiary/aromatic N) is 4. The summed E-state index contributed by atoms with van der Waals surface area (Å²) in [5.74, 6) is 1.24. The summed E-state index contributed by atoms with van der Waals surface area (Å²) < 4.78 is 22.3. The van der Waals surface area contributed by atoms with Crippen LogP contribution in [0.15, 0.2) is 66.9 Å². The Morgan fingerprint density at radius 1 is 0.917 bits per heavy atom. The van der Waals surface area contributed by atoms with Gasteiger partial charge in [-0.3, -0.25) is 0 Å². The van der Waals surface area contributed by atoms with Gasteiger partial charge in [0.2, 0.25) is 11.8 Å². The van der Waals surface area contributed by atoms with E-state index >= 15 is 0 Å². The second-order valence-corrected chi connectivity index (χ2v) is 8.89. The van der Waals surface area contributed by atoms with E-state index < -0.39 is 0 Å². The van der Waals surface area contributed by atoms with Crippen LogP contribution in [0.5, 0.6) is 11.6 Å². The highest BCUT2D eigenvalue weighted by molar-refractivity contribution is 5.83. The van der Waals surface area contributed by atoms with Crippen LogP contribution in [0.3, 0.4) is 0 Å². The van der Waals surface area contributed by atoms with E-state index in [9.17, 15) is 4.39 Å². The molecule has 0 aliphatic carbocycles. The third-order valence-electron chi connectivity index (χ3n) is 5.99. The van der Waals surface area contributed by atoms with E-state index in [2.05, 4.69) is 21.4 Å². The number of aryl methyl sites for hydroxylation is 4. The van der Waals surface area contributed by atoms with E-state index in [1.807, 2.05) is 62.8 Å². The lowest BCUT2D eigenvalue weighted by Gasteiger charge is -2.16. The zero-order valence-corrected chi connectivity index (χ0v) is 20.4. The Morgan fingerprint density at radius 2 is 1.61 bits per heavy atom. The van der Waals surface area contributed by atoms with Crippen LogP contribution in [0.2, 0.25) is 0 Å². The molecule has 0 aliphatic heterocycles. The summed E-state index contributed by atoms with van der Waals surface area (Å²) in [7, 11) is 1.92. The summed E-state index contributed by atoms with van der Waals surface area (Å²) >= 11 is 0. The summed E-state index contributed by atoms with van der Waals surface area (Å²) in [5, 5.41) is 12.2. The smallest absolute Gasteiger partial charge is 0.249 e. The van der Waals surface area contributed by atoms with Gasteiger partial charge < -0.3 is 14.6 Å². The van der Waals surface area contributed by atoms with Crippen molar-refractivity contribution in [2.24, 2.45) is 7.05 Å². The third kappa shape index (κ3) is 4.49. The first-order valence-electron chi connectivity index (χ1n) is 11.5. The molecule has 0 unspecified atom stereocenters. The highest BCUT2D eigenvalue weighted by Gasteiger charge is 2.17. The zero-order valence-electron chi connectivity index (χ0n) is 20.4. The predicted octanol–water partition coefficient (Wildman–Crippen LogP) is 7.11. The summed E-state index contributed by atoms with van der Waals surface area (Å²) in [4.78, 5) is 9.30. The highest BCUT2D eigenvalue weighted by Crippen LogP contribution is 2.36. The minimum Gasteiger partial charge on any atom is -0.436 e. The number of rotatable bonds is 5. The van der Waals surface area contributed by atoms with Crippen LogP contribution in [0, 0.1) is 37.9 Å². The van der Waals surface area contributed by atoms with Crippen LogP contribution in [-0.4, -0.2) is 14.5 Å². The van der Waals surface area contributed by atoms with Gasteiger partial charge in [0.25, 0.3) is 0 Å². The molecule has 0 saturated carbocycles. The number of halogens is 1. The third-order valence-corrected chi connectivity index (χ3v) is 5.99. The molecule has 7 heteroatoms. The van der Waals surface area contributed by atoms with Crippen molar-refractivity contribution in [3.05, 3.63) is 94.9 Å². The molecule has 0 radical (unpaired) electrons. The lowest BCUT2D eigenvalue weighted by Crippen LogP contribution is -2.02. The number of hydrogen-bond donors (Lipinski definition) is 1. The maximum absolute atomic E-state index is 14.0. The van der Waals surface area contributed by atoms with Crippen molar-refractivity contribution in [2.45, 2.75) is 20.8 Å². The standard InChI is InChI=1S/C29H24FN5O/c1-17-11-21(15-23(30)12-17)22-13-18(2)27(19(3)14-22)36-28-26-25(9-10-35(26)4)33-29(34-28)32-24-7-5-20(16-31)6-8-24/h5-15H,1-4H3,(H,32,33,34). The number of ether oxygens (including phenoxy) is 1. The molecule has 0 bridgehead atoms. The van der Waals surface area contributed by atoms with Gasteiger partial charge in [0, 0.05) is 18.9 Å². The van der Waals surface area contributed by atoms with Gasteiger partial charge in [-0.05, 0) is 103 Å². The van der Waals surface area contributed by atoms with Crippen LogP contribution in [0.25, 0.3) is 22.2 Å². The maximum atomic E-state index is 14.0. The Bertz CT molecular complexity index is 1600. The molecule has 0 atom stereocenters. The minimum atomic E-state index is -0.255. The Morgan fingerprint density at radius 3 is 2.28 bits per heavy atom. The highest BCUT2D eigenvalue weighted by atomic mass is 19.1. The maximum Gasteiger partial charge on any atom is 0.249 e. The Labute approximate surface area is 208 Å². The van der Waals surface area contributed by atoms with Crippen LogP contribution in [-0.2, 0) is 7.05 Å². The van der Waals surface area contributed by atoms with Crippen molar-refractivity contribution < 1.29 is 9.13 Å². The first-order chi connectivity index (χ1) is 17.3. The van der Waals surface area contributed by atoms with Crippen molar-refractivity contribution >= 4 is 22.7 Å². The molecule has 1 N–H and O–H groups in total. The van der Waals surface area contributed by atoms with Gasteiger partial charge in [-0.25, -0.2) is 9.37 Å². The first-order valence-corrected chi connectivity index (χ1v) is 11.5. The van der Waals surface area contributed by atoms with Crippen molar-refractivity contribution in [1.29, 1.82) is 5.26 Å². The summed E-state index contributed by atoms with van der Waals surface area (Å²) in [6.07, 6.45) is 1.91. The lowest BCUT2D eigenvalue weighted by molar-refractivity contribution is 0.459. The second-order valence-electron chi connectivity index (χ2n) is 8.89. The van der Waals surface area contributed by atoms with E-state index in [1.54, 1.807) is 30.3 Å². The van der Waals surface area contributed by atoms with Crippen molar-refractivity contribution in [3.8, 4) is 28.8 Å². The first kappa shape index (κ1) is 23.1. The van der Waals surface area contributed by atoms with E-state index in [1.165, 1.54) is 6.07 Å². The molecule has 0 amide bonds. The van der Waals surface area contributed by atoms with E-state index in [4.69, 9.17) is 10.00 Å². The number of fused-ring (bicyclic) bond motifs is 1. The number of nitriles is 1. The van der Waals surface area contributed by atoms with Crippen molar-refractivity contribution in [1.82, 2.24) is 14.5 Å². The van der Waals surface area contributed by atoms with Crippen molar-refractivity contribution in [2.75, 3.05) is 5.32 Å². The lowest BCUT2D eigenvalue weighted by atomic mass is 9.98. The molecular weight excluding hydrogens is 453 g/mol. The summed E-state index contributed by atoms with van der Waals surface area (Å²) in [5.41, 5.74) is 7.29. The van der Waals surface area contributed by atoms with Gasteiger partial charge in [-0.15, -0.1) is 0 Å². The molecule has 0 saturated heterocycles. The molecule has 3 aromatic carbocycles. The number of anilines is 2. The molecule has 178 valence electrons. The predicted molar refractivity (Wildman–Crippen MR) is 139 cm³/mol. The molecule has 0 aliphatic rings. The van der Waals surface area contributed by atoms with Gasteiger partial charge in [0.05, 0.1) is 17.1 Å². The van der Waals surface area contributed by atoms with E-state index in [0.717, 1.165) is 44.5 Å². The summed E-state index contributed by atoms with van der Waals surface area (Å²) in [6.45, 7) is 5.82. The van der Waals surface area contributed by atoms with Gasteiger partial charge in [-0.2, -0.15) is 10.2 Å². The van der Waals surface area contributed by atoms with Gasteiger partial charge in [-0.1, -0.05) is 6.07 Å². The summed E-state index contributed by atoms with van der Waals surface area (Å²) in [6, 6.07) is 20.1. The van der Waals surface area contributed by atoms with Crippen molar-refractivity contribution in [3.63, 3.8) is 0 Å². The Balaban J connectivity index is 1.53. The molecule has 36 heavy (non-hydrogen) atoms. The molecule has 0 spiro atoms. The quantitative estimate of drug-likeness (QED) is 0.292. The number of aromatic nitrogens is 3. The average Bonchev–Trinajstić information content (AvgIpc) is 3.21. The molecular formula is C29H24FN5O. The SMILES string of the molecule is Cc1cc(F)cc(-c2cc(C)c(Oc3nc(Nc4ccc(C#N)cc4)nc4ccn(C)c34)c(C)c2)c1. The Kier molecular flexibility index (Phi) is 5.87. The Hall–Kier alpha value is -4.70. The molecule has 5 rings (SSSR count). The zero-order chi connectivity index (χ0) is 25.4. The van der Waals surface area contributed by atoms with E-state index in [0.29, 0.717) is 23.1 Å². The number of benzene rings is 3. The molecule has 5 aromatic rings. The average molecular weight is 478 g/mol. The van der Waals surface area contributed by atoms with Gasteiger partial charge >= 0.3 is 0 Å². The molecule has 2 heterocycles. The topological polar surface area (TPSA) is 75.8 Å². The van der Waals surface area contributed by atoms with E-state index in [-0.39, 0.29) is 5.82 Å². The largest absolute Gasteiger partial charge is 0.436 e. The molecule has 0 fully saturated rings. The number of hydrogen-bond acceptors (Lipinski definition) is 5. The molecule has 6 nitrogen and oxygen atoms in total. The normalized spacial score (nSPS) is 10.9. The fourth-order valence-corrected chi connectivity index (χ4v) is 4.32. The van der Waals surface area contributed by atoms with Crippen LogP contribution in [0.4, 0.5) is 16.0 Å². The minimum absolute atomic E-state index is 0.255. The monoisotopic (exact) mass is 477 g/mol. The molecule has 2 aromatic heterocycles. The van der Waals surface area contributed by atoms with Gasteiger partial charge in [0.15, 0.2) is 0 Å². The van der Waals surface area contributed by atoms with Crippen LogP contribution in [0.1, 0.15) is 22.3 Å². The fraction of sp³-hybridized carbons (Fsp3) is 0.138. The fourth-order valence-electron chi connectivity index (χ4n) is 4.32. The van der Waals surface area contributed by atoms with Crippen LogP contribution >= 0.6 is 0 Å². The van der Waals surface area contributed by atoms with Gasteiger partial charge in [0.1, 0.15) is 17.1 Å².